The van der Waals surface area contributed by atoms with Crippen LogP contribution in [-0.2, 0) is 0 Å². The molecule has 5 heteroatoms. The van der Waals surface area contributed by atoms with E-state index >= 15 is 0 Å². The molecule has 2 heterocycles. The van der Waals surface area contributed by atoms with Crippen molar-refractivity contribution >= 4 is 11.7 Å². The van der Waals surface area contributed by atoms with Gasteiger partial charge in [-0.1, -0.05) is 13.0 Å². The number of anilines is 1. The quantitative estimate of drug-likeness (QED) is 0.909. The topological polar surface area (TPSA) is 48.5 Å². The third kappa shape index (κ3) is 3.48. The average molecular weight is 276 g/mol. The molecule has 0 bridgehead atoms. The Morgan fingerprint density at radius 3 is 2.95 bits per heavy atom. The molecule has 1 aromatic heterocycles. The van der Waals surface area contributed by atoms with Crippen LogP contribution >= 0.6 is 0 Å². The number of aromatic nitrogens is 1. The van der Waals surface area contributed by atoms with Crippen molar-refractivity contribution in [1.29, 1.82) is 0 Å². The molecule has 1 N–H and O–H groups in total. The number of amides is 1. The van der Waals surface area contributed by atoms with Crippen molar-refractivity contribution in [3.8, 4) is 0 Å². The summed E-state index contributed by atoms with van der Waals surface area (Å²) in [5, 5.41) is 3.22. The predicted molar refractivity (Wildman–Crippen MR) is 81.0 cm³/mol. The van der Waals surface area contributed by atoms with Crippen LogP contribution in [0.25, 0.3) is 0 Å². The first-order valence-electron chi connectivity index (χ1n) is 7.32. The zero-order valence-electron chi connectivity index (χ0n) is 12.6. The lowest BCUT2D eigenvalue weighted by atomic mass is 10.2. The smallest absolute Gasteiger partial charge is 0.272 e. The highest BCUT2D eigenvalue weighted by Crippen LogP contribution is 2.12. The van der Waals surface area contributed by atoms with E-state index in [0.717, 1.165) is 38.4 Å². The molecule has 1 aliphatic heterocycles. The molecule has 1 atom stereocenters. The van der Waals surface area contributed by atoms with Crippen LogP contribution in [0.3, 0.4) is 0 Å². The van der Waals surface area contributed by atoms with Gasteiger partial charge >= 0.3 is 0 Å². The van der Waals surface area contributed by atoms with Gasteiger partial charge in [-0.05, 0) is 32.5 Å². The SMILES string of the molecule is CCCNc1cccc(C(=O)N2CCN(C)C(C)C2)n1. The number of likely N-dealkylation sites (N-methyl/N-ethyl adjacent to an activating group) is 1. The maximum Gasteiger partial charge on any atom is 0.272 e. The molecule has 1 aliphatic rings. The standard InChI is InChI=1S/C15H24N4O/c1-4-8-16-14-7-5-6-13(17-14)15(20)19-10-9-18(3)12(2)11-19/h5-7,12H,4,8-11H2,1-3H3,(H,16,17). The highest BCUT2D eigenvalue weighted by Gasteiger charge is 2.25. The molecule has 1 unspecified atom stereocenters. The minimum absolute atomic E-state index is 0.0325. The molecule has 5 nitrogen and oxygen atoms in total. The van der Waals surface area contributed by atoms with Gasteiger partial charge in [-0.2, -0.15) is 0 Å². The van der Waals surface area contributed by atoms with Gasteiger partial charge in [0.2, 0.25) is 0 Å². The van der Waals surface area contributed by atoms with Gasteiger partial charge in [0.05, 0.1) is 0 Å². The zero-order chi connectivity index (χ0) is 14.5. The summed E-state index contributed by atoms with van der Waals surface area (Å²) in [6, 6.07) is 5.98. The third-order valence-corrected chi connectivity index (χ3v) is 3.77. The van der Waals surface area contributed by atoms with Crippen molar-refractivity contribution < 1.29 is 4.79 Å². The summed E-state index contributed by atoms with van der Waals surface area (Å²) in [6.45, 7) is 7.58. The van der Waals surface area contributed by atoms with E-state index in [0.29, 0.717) is 11.7 Å². The van der Waals surface area contributed by atoms with Crippen LogP contribution in [0.4, 0.5) is 5.82 Å². The maximum atomic E-state index is 12.5. The number of hydrogen-bond donors (Lipinski definition) is 1. The second-order valence-corrected chi connectivity index (χ2v) is 5.42. The second kappa shape index (κ2) is 6.70. The lowest BCUT2D eigenvalue weighted by Gasteiger charge is -2.37. The molecule has 0 aromatic carbocycles. The molecule has 0 radical (unpaired) electrons. The molecule has 0 aliphatic carbocycles. The molecular formula is C15H24N4O. The zero-order valence-corrected chi connectivity index (χ0v) is 12.6. The number of carbonyl (C=O) groups excluding carboxylic acids is 1. The van der Waals surface area contributed by atoms with Crippen LogP contribution < -0.4 is 5.32 Å². The fraction of sp³-hybridized carbons (Fsp3) is 0.600. The highest BCUT2D eigenvalue weighted by molar-refractivity contribution is 5.92. The van der Waals surface area contributed by atoms with Gasteiger partial charge in [-0.3, -0.25) is 4.79 Å². The fourth-order valence-corrected chi connectivity index (χ4v) is 2.30. The van der Waals surface area contributed by atoms with Crippen LogP contribution in [0.1, 0.15) is 30.8 Å². The largest absolute Gasteiger partial charge is 0.370 e. The number of rotatable bonds is 4. The number of piperazine rings is 1. The number of carbonyl (C=O) groups is 1. The van der Waals surface area contributed by atoms with Crippen LogP contribution in [0.5, 0.6) is 0 Å². The lowest BCUT2D eigenvalue weighted by Crippen LogP contribution is -2.52. The van der Waals surface area contributed by atoms with Crippen molar-refractivity contribution in [2.75, 3.05) is 38.5 Å². The summed E-state index contributed by atoms with van der Waals surface area (Å²) in [7, 11) is 2.10. The number of nitrogens with zero attached hydrogens (tertiary/aromatic N) is 3. The summed E-state index contributed by atoms with van der Waals surface area (Å²) in [6.07, 6.45) is 1.04. The first-order valence-corrected chi connectivity index (χ1v) is 7.32. The van der Waals surface area contributed by atoms with Gasteiger partial charge in [0.25, 0.3) is 5.91 Å². The molecule has 1 saturated heterocycles. The Morgan fingerprint density at radius 1 is 1.45 bits per heavy atom. The minimum atomic E-state index is 0.0325. The van der Waals surface area contributed by atoms with Crippen LogP contribution in [0, 0.1) is 0 Å². The van der Waals surface area contributed by atoms with E-state index in [1.807, 2.05) is 17.0 Å². The summed E-state index contributed by atoms with van der Waals surface area (Å²) in [4.78, 5) is 21.1. The molecule has 2 rings (SSSR count). The predicted octanol–water partition coefficient (Wildman–Crippen LogP) is 1.68. The third-order valence-electron chi connectivity index (χ3n) is 3.77. The van der Waals surface area contributed by atoms with E-state index in [2.05, 4.69) is 36.1 Å². The first-order chi connectivity index (χ1) is 9.61. The number of hydrogen-bond acceptors (Lipinski definition) is 4. The monoisotopic (exact) mass is 276 g/mol. The highest BCUT2D eigenvalue weighted by atomic mass is 16.2. The molecule has 0 spiro atoms. The van der Waals surface area contributed by atoms with Crippen LogP contribution in [0.15, 0.2) is 18.2 Å². The van der Waals surface area contributed by atoms with E-state index in [1.54, 1.807) is 6.07 Å². The molecule has 0 saturated carbocycles. The summed E-state index contributed by atoms with van der Waals surface area (Å²) in [5.74, 6) is 0.810. The lowest BCUT2D eigenvalue weighted by molar-refractivity contribution is 0.0567. The Labute approximate surface area is 121 Å². The van der Waals surface area contributed by atoms with Gasteiger partial charge in [-0.25, -0.2) is 4.98 Å². The fourth-order valence-electron chi connectivity index (χ4n) is 2.30. The Bertz CT molecular complexity index is 463. The summed E-state index contributed by atoms with van der Waals surface area (Å²) in [5.41, 5.74) is 0.530. The Balaban J connectivity index is 2.05. The second-order valence-electron chi connectivity index (χ2n) is 5.42. The van der Waals surface area contributed by atoms with Crippen LogP contribution in [0.2, 0.25) is 0 Å². The van der Waals surface area contributed by atoms with E-state index in [-0.39, 0.29) is 5.91 Å². The Kier molecular flexibility index (Phi) is 4.95. The molecule has 1 fully saturated rings. The van der Waals surface area contributed by atoms with E-state index in [9.17, 15) is 4.79 Å². The average Bonchev–Trinajstić information content (AvgIpc) is 2.47. The number of pyridine rings is 1. The Morgan fingerprint density at radius 2 is 2.25 bits per heavy atom. The summed E-state index contributed by atoms with van der Waals surface area (Å²) < 4.78 is 0. The molecule has 1 aromatic rings. The van der Waals surface area contributed by atoms with E-state index in [1.165, 1.54) is 0 Å². The van der Waals surface area contributed by atoms with Gasteiger partial charge in [-0.15, -0.1) is 0 Å². The van der Waals surface area contributed by atoms with Crippen molar-refractivity contribution in [3.63, 3.8) is 0 Å². The normalized spacial score (nSPS) is 19.9. The molecule has 1 amide bonds. The van der Waals surface area contributed by atoms with Crippen molar-refractivity contribution in [1.82, 2.24) is 14.8 Å². The van der Waals surface area contributed by atoms with Gasteiger partial charge in [0.15, 0.2) is 0 Å². The van der Waals surface area contributed by atoms with Gasteiger partial charge in [0.1, 0.15) is 11.5 Å². The molecular weight excluding hydrogens is 252 g/mol. The van der Waals surface area contributed by atoms with Crippen LogP contribution in [-0.4, -0.2) is 60.0 Å². The van der Waals surface area contributed by atoms with Gasteiger partial charge in [0, 0.05) is 32.2 Å². The molecule has 20 heavy (non-hydrogen) atoms. The summed E-state index contributed by atoms with van der Waals surface area (Å²) >= 11 is 0. The van der Waals surface area contributed by atoms with Crippen molar-refractivity contribution in [2.45, 2.75) is 26.3 Å². The first kappa shape index (κ1) is 14.8. The van der Waals surface area contributed by atoms with Crippen molar-refractivity contribution in [2.24, 2.45) is 0 Å². The molecule has 110 valence electrons. The Hall–Kier alpha value is -1.62. The van der Waals surface area contributed by atoms with Gasteiger partial charge < -0.3 is 15.1 Å². The maximum absolute atomic E-state index is 12.5. The minimum Gasteiger partial charge on any atom is -0.370 e. The van der Waals surface area contributed by atoms with Crippen molar-refractivity contribution in [3.05, 3.63) is 23.9 Å². The van der Waals surface area contributed by atoms with E-state index in [4.69, 9.17) is 0 Å². The van der Waals surface area contributed by atoms with E-state index < -0.39 is 0 Å². The number of nitrogens with one attached hydrogen (secondary N) is 1.